The summed E-state index contributed by atoms with van der Waals surface area (Å²) in [7, 11) is -2.54. The molecule has 0 aromatic heterocycles. The Morgan fingerprint density at radius 3 is 1.87 bits per heavy atom. The Bertz CT molecular complexity index is 623. The molecular weight excluding hydrogens is 302 g/mol. The number of rotatable bonds is 6. The third-order valence-corrected chi connectivity index (χ3v) is 9.65. The molecular formula is C19H23NO2Si. The van der Waals surface area contributed by atoms with Crippen molar-refractivity contribution >= 4 is 24.4 Å². The zero-order valence-electron chi connectivity index (χ0n) is 13.7. The van der Waals surface area contributed by atoms with Gasteiger partial charge in [-0.1, -0.05) is 67.2 Å². The minimum Gasteiger partial charge on any atom is -0.465 e. The number of benzene rings is 2. The van der Waals surface area contributed by atoms with Gasteiger partial charge in [-0.05, 0) is 24.2 Å². The lowest BCUT2D eigenvalue weighted by atomic mass is 10.3. The molecule has 2 aromatic rings. The van der Waals surface area contributed by atoms with Gasteiger partial charge in [0.25, 0.3) is 0 Å². The molecule has 4 heteroatoms. The Hall–Kier alpha value is -2.17. The molecule has 0 radical (unpaired) electrons. The molecule has 0 amide bonds. The van der Waals surface area contributed by atoms with Crippen LogP contribution in [0.4, 0.5) is 0 Å². The molecule has 0 fully saturated rings. The second-order valence-electron chi connectivity index (χ2n) is 6.17. The molecule has 23 heavy (non-hydrogen) atoms. The molecule has 0 saturated heterocycles. The standard InChI is InChI=1S/C19H23NO2Si/c1-4-18(21)22-15-23(19(2,3)20,16-11-7-5-8-12-16)17-13-9-6-10-14-17/h4-14H,1,15,20H2,2-3H3. The van der Waals surface area contributed by atoms with Crippen molar-refractivity contribution in [3.05, 3.63) is 73.3 Å². The van der Waals surface area contributed by atoms with Crippen molar-refractivity contribution in [2.45, 2.75) is 19.0 Å². The fourth-order valence-corrected chi connectivity index (χ4v) is 7.36. The van der Waals surface area contributed by atoms with Crippen LogP contribution in [0.5, 0.6) is 0 Å². The zero-order chi connectivity index (χ0) is 16.9. The molecule has 2 rings (SSSR count). The van der Waals surface area contributed by atoms with Crippen molar-refractivity contribution in [3.8, 4) is 0 Å². The van der Waals surface area contributed by atoms with Crippen LogP contribution >= 0.6 is 0 Å². The van der Waals surface area contributed by atoms with Gasteiger partial charge in [0.15, 0.2) is 8.07 Å². The van der Waals surface area contributed by atoms with E-state index < -0.39 is 19.2 Å². The van der Waals surface area contributed by atoms with Gasteiger partial charge in [0, 0.05) is 11.2 Å². The molecule has 0 unspecified atom stereocenters. The Morgan fingerprint density at radius 1 is 1.09 bits per heavy atom. The van der Waals surface area contributed by atoms with Crippen LogP contribution in [0.1, 0.15) is 13.8 Å². The summed E-state index contributed by atoms with van der Waals surface area (Å²) in [6.45, 7) is 7.51. The van der Waals surface area contributed by atoms with E-state index in [1.165, 1.54) is 6.08 Å². The molecule has 2 N–H and O–H groups in total. The monoisotopic (exact) mass is 325 g/mol. The highest BCUT2D eigenvalue weighted by molar-refractivity contribution is 7.04. The highest BCUT2D eigenvalue weighted by Gasteiger charge is 2.49. The lowest BCUT2D eigenvalue weighted by Gasteiger charge is -2.42. The summed E-state index contributed by atoms with van der Waals surface area (Å²) in [4.78, 5) is 11.7. The lowest BCUT2D eigenvalue weighted by molar-refractivity contribution is -0.136. The molecule has 0 aliphatic heterocycles. The zero-order valence-corrected chi connectivity index (χ0v) is 14.7. The van der Waals surface area contributed by atoms with E-state index in [2.05, 4.69) is 30.8 Å². The van der Waals surface area contributed by atoms with E-state index in [1.54, 1.807) is 0 Å². The maximum absolute atomic E-state index is 11.7. The molecule has 0 atom stereocenters. The summed E-state index contributed by atoms with van der Waals surface area (Å²) < 4.78 is 5.52. The summed E-state index contributed by atoms with van der Waals surface area (Å²) >= 11 is 0. The van der Waals surface area contributed by atoms with E-state index in [0.29, 0.717) is 0 Å². The Balaban J connectivity index is 2.64. The van der Waals surface area contributed by atoms with Crippen LogP contribution in [0.2, 0.25) is 0 Å². The normalized spacial score (nSPS) is 11.8. The molecule has 0 aliphatic carbocycles. The second-order valence-corrected chi connectivity index (χ2v) is 10.7. The number of esters is 1. The van der Waals surface area contributed by atoms with Crippen molar-refractivity contribution in [3.63, 3.8) is 0 Å². The number of ether oxygens (including phenoxy) is 1. The van der Waals surface area contributed by atoms with Crippen LogP contribution in [0.25, 0.3) is 0 Å². The Kier molecular flexibility index (Phi) is 5.18. The van der Waals surface area contributed by atoms with Crippen LogP contribution in [-0.4, -0.2) is 25.4 Å². The van der Waals surface area contributed by atoms with E-state index in [0.717, 1.165) is 10.4 Å². The first-order valence-electron chi connectivity index (χ1n) is 7.61. The minimum atomic E-state index is -2.54. The second kappa shape index (κ2) is 6.94. The molecule has 0 heterocycles. The van der Waals surface area contributed by atoms with Crippen molar-refractivity contribution in [1.29, 1.82) is 0 Å². The predicted molar refractivity (Wildman–Crippen MR) is 97.3 cm³/mol. The van der Waals surface area contributed by atoms with Crippen LogP contribution < -0.4 is 16.1 Å². The van der Waals surface area contributed by atoms with Gasteiger partial charge in [0.05, 0.1) is 6.23 Å². The SMILES string of the molecule is C=CC(=O)OC[Si](c1ccccc1)(c1ccccc1)C(C)(C)N. The van der Waals surface area contributed by atoms with Gasteiger partial charge in [-0.3, -0.25) is 0 Å². The smallest absolute Gasteiger partial charge is 0.329 e. The quantitative estimate of drug-likeness (QED) is 0.500. The molecule has 0 bridgehead atoms. The number of carbonyl (C=O) groups excluding carboxylic acids is 1. The number of hydrogen-bond donors (Lipinski definition) is 1. The molecule has 0 aliphatic rings. The van der Waals surface area contributed by atoms with Crippen molar-refractivity contribution in [2.75, 3.05) is 6.23 Å². The van der Waals surface area contributed by atoms with Gasteiger partial charge in [-0.2, -0.15) is 0 Å². The summed E-state index contributed by atoms with van der Waals surface area (Å²) in [6.07, 6.45) is 1.48. The maximum atomic E-state index is 11.7. The van der Waals surface area contributed by atoms with E-state index in [9.17, 15) is 4.79 Å². The summed E-state index contributed by atoms with van der Waals surface area (Å²) in [5.41, 5.74) is 6.65. The molecule has 3 nitrogen and oxygen atoms in total. The number of carbonyl (C=O) groups is 1. The topological polar surface area (TPSA) is 52.3 Å². The lowest BCUT2D eigenvalue weighted by Crippen LogP contribution is -2.77. The molecule has 0 saturated carbocycles. The highest BCUT2D eigenvalue weighted by atomic mass is 28.3. The van der Waals surface area contributed by atoms with E-state index in [4.69, 9.17) is 10.5 Å². The maximum Gasteiger partial charge on any atom is 0.329 e. The largest absolute Gasteiger partial charge is 0.465 e. The van der Waals surface area contributed by atoms with Crippen LogP contribution in [-0.2, 0) is 9.53 Å². The molecule has 2 aromatic carbocycles. The summed E-state index contributed by atoms with van der Waals surface area (Å²) in [5.74, 6) is -0.419. The first-order chi connectivity index (χ1) is 10.9. The average molecular weight is 325 g/mol. The van der Waals surface area contributed by atoms with E-state index >= 15 is 0 Å². The van der Waals surface area contributed by atoms with Crippen LogP contribution in [0.3, 0.4) is 0 Å². The fourth-order valence-electron chi connectivity index (χ4n) is 2.95. The summed E-state index contributed by atoms with van der Waals surface area (Å²) in [5, 5.41) is 1.78. The van der Waals surface area contributed by atoms with Crippen molar-refractivity contribution in [1.82, 2.24) is 0 Å². The van der Waals surface area contributed by atoms with Crippen molar-refractivity contribution in [2.24, 2.45) is 5.73 Å². The third-order valence-electron chi connectivity index (χ3n) is 4.23. The first kappa shape index (κ1) is 17.2. The van der Waals surface area contributed by atoms with Gasteiger partial charge in [0.1, 0.15) is 0 Å². The first-order valence-corrected chi connectivity index (χ1v) is 9.81. The Labute approximate surface area is 138 Å². The van der Waals surface area contributed by atoms with Crippen LogP contribution in [0, 0.1) is 0 Å². The van der Waals surface area contributed by atoms with Gasteiger partial charge in [-0.15, -0.1) is 0 Å². The molecule has 0 spiro atoms. The number of hydrogen-bond acceptors (Lipinski definition) is 3. The number of nitrogens with two attached hydrogens (primary N) is 1. The van der Waals surface area contributed by atoms with Gasteiger partial charge < -0.3 is 10.5 Å². The van der Waals surface area contributed by atoms with E-state index in [-0.39, 0.29) is 6.23 Å². The van der Waals surface area contributed by atoms with Crippen molar-refractivity contribution < 1.29 is 9.53 Å². The van der Waals surface area contributed by atoms with E-state index in [1.807, 2.05) is 50.2 Å². The molecule has 120 valence electrons. The third kappa shape index (κ3) is 3.44. The predicted octanol–water partition coefficient (Wildman–Crippen LogP) is 1.79. The van der Waals surface area contributed by atoms with Gasteiger partial charge in [0.2, 0.25) is 0 Å². The van der Waals surface area contributed by atoms with Gasteiger partial charge >= 0.3 is 5.97 Å². The van der Waals surface area contributed by atoms with Gasteiger partial charge in [-0.25, -0.2) is 4.79 Å². The Morgan fingerprint density at radius 2 is 1.52 bits per heavy atom. The fraction of sp³-hybridized carbons (Fsp3) is 0.211. The minimum absolute atomic E-state index is 0.287. The average Bonchev–Trinajstić information content (AvgIpc) is 2.56. The highest BCUT2D eigenvalue weighted by Crippen LogP contribution is 2.19. The van der Waals surface area contributed by atoms with Crippen LogP contribution in [0.15, 0.2) is 73.3 Å². The summed E-state index contributed by atoms with van der Waals surface area (Å²) in [6, 6.07) is 20.3.